The third-order valence-electron chi connectivity index (χ3n) is 5.10. The second-order valence-electron chi connectivity index (χ2n) is 7.41. The highest BCUT2D eigenvalue weighted by Crippen LogP contribution is 2.15. The van der Waals surface area contributed by atoms with Gasteiger partial charge in [0.25, 0.3) is 0 Å². The monoisotopic (exact) mass is 428 g/mol. The van der Waals surface area contributed by atoms with Crippen LogP contribution >= 0.6 is 0 Å². The Morgan fingerprint density at radius 2 is 1.38 bits per heavy atom. The molecule has 32 heavy (non-hydrogen) atoms. The number of amides is 1. The van der Waals surface area contributed by atoms with E-state index in [4.69, 9.17) is 4.74 Å². The molecular weight excluding hydrogens is 400 g/mol. The van der Waals surface area contributed by atoms with Crippen molar-refractivity contribution in [2.24, 2.45) is 0 Å². The van der Waals surface area contributed by atoms with Gasteiger partial charge in [-0.2, -0.15) is 0 Å². The molecule has 0 unspecified atom stereocenters. The van der Waals surface area contributed by atoms with Gasteiger partial charge in [0, 0.05) is 31.8 Å². The molecular formula is C27H28N2O3. The fourth-order valence-electron chi connectivity index (χ4n) is 3.39. The van der Waals surface area contributed by atoms with E-state index >= 15 is 0 Å². The quantitative estimate of drug-likeness (QED) is 0.390. The molecule has 0 aromatic heterocycles. The van der Waals surface area contributed by atoms with E-state index in [0.29, 0.717) is 19.5 Å². The van der Waals surface area contributed by atoms with Gasteiger partial charge in [-0.15, -0.1) is 0 Å². The normalized spacial score (nSPS) is 11.7. The Morgan fingerprint density at radius 1 is 0.844 bits per heavy atom. The number of esters is 1. The van der Waals surface area contributed by atoms with Crippen LogP contribution in [0.25, 0.3) is 0 Å². The van der Waals surface area contributed by atoms with Crippen molar-refractivity contribution in [1.82, 2.24) is 10.2 Å². The maximum Gasteiger partial charge on any atom is 0.331 e. The summed E-state index contributed by atoms with van der Waals surface area (Å²) in [5.74, 6) is -0.575. The maximum atomic E-state index is 13.4. The zero-order chi connectivity index (χ0) is 22.6. The van der Waals surface area contributed by atoms with Crippen LogP contribution in [-0.2, 0) is 33.8 Å². The van der Waals surface area contributed by atoms with Gasteiger partial charge in [-0.3, -0.25) is 4.79 Å². The van der Waals surface area contributed by atoms with Crippen LogP contribution in [0.5, 0.6) is 0 Å². The summed E-state index contributed by atoms with van der Waals surface area (Å²) in [6, 6.07) is 29.0. The molecule has 5 nitrogen and oxygen atoms in total. The minimum absolute atomic E-state index is 0.108. The van der Waals surface area contributed by atoms with Crippen LogP contribution in [-0.4, -0.2) is 29.9 Å². The van der Waals surface area contributed by atoms with Crippen molar-refractivity contribution in [3.05, 3.63) is 120 Å². The predicted molar refractivity (Wildman–Crippen MR) is 125 cm³/mol. The van der Waals surface area contributed by atoms with Crippen LogP contribution in [0.2, 0.25) is 0 Å². The lowest BCUT2D eigenvalue weighted by Gasteiger charge is -2.30. The van der Waals surface area contributed by atoms with Crippen LogP contribution in [0, 0.1) is 0 Å². The van der Waals surface area contributed by atoms with Crippen molar-refractivity contribution in [2.45, 2.75) is 25.6 Å². The molecule has 0 aliphatic rings. The third kappa shape index (κ3) is 7.13. The summed E-state index contributed by atoms with van der Waals surface area (Å²) >= 11 is 0. The topological polar surface area (TPSA) is 58.6 Å². The molecule has 0 heterocycles. The maximum absolute atomic E-state index is 13.4. The molecule has 3 rings (SSSR count). The Bertz CT molecular complexity index is 1000. The molecule has 1 amide bonds. The highest BCUT2D eigenvalue weighted by Gasteiger charge is 2.24. The fraction of sp³-hybridized carbons (Fsp3) is 0.185. The highest BCUT2D eigenvalue weighted by molar-refractivity contribution is 5.83. The number of carbonyl (C=O) groups excluding carboxylic acids is 2. The van der Waals surface area contributed by atoms with Crippen molar-refractivity contribution in [1.29, 1.82) is 0 Å². The molecule has 0 bridgehead atoms. The van der Waals surface area contributed by atoms with E-state index in [-0.39, 0.29) is 5.91 Å². The third-order valence-corrected chi connectivity index (χ3v) is 5.10. The minimum atomic E-state index is -0.512. The molecule has 5 heteroatoms. The van der Waals surface area contributed by atoms with Gasteiger partial charge in [-0.25, -0.2) is 4.79 Å². The Hall–Kier alpha value is -3.86. The first-order valence-corrected chi connectivity index (χ1v) is 10.6. The van der Waals surface area contributed by atoms with E-state index in [9.17, 15) is 9.59 Å². The fourth-order valence-corrected chi connectivity index (χ4v) is 3.39. The molecule has 0 aliphatic carbocycles. The Labute approximate surface area is 189 Å². The summed E-state index contributed by atoms with van der Waals surface area (Å²) in [5.41, 5.74) is 3.10. The van der Waals surface area contributed by atoms with Crippen molar-refractivity contribution in [3.63, 3.8) is 0 Å². The van der Waals surface area contributed by atoms with Crippen LogP contribution in [0.15, 0.2) is 103 Å². The van der Waals surface area contributed by atoms with Crippen molar-refractivity contribution < 1.29 is 14.3 Å². The minimum Gasteiger partial charge on any atom is -0.466 e. The molecule has 0 radical (unpaired) electrons. The summed E-state index contributed by atoms with van der Waals surface area (Å²) in [5, 5.41) is 3.06. The molecule has 0 saturated carbocycles. The smallest absolute Gasteiger partial charge is 0.331 e. The van der Waals surface area contributed by atoms with E-state index in [1.807, 2.05) is 95.9 Å². The first kappa shape index (κ1) is 22.8. The van der Waals surface area contributed by atoms with E-state index in [0.717, 1.165) is 16.7 Å². The van der Waals surface area contributed by atoms with Crippen LogP contribution < -0.4 is 5.32 Å². The van der Waals surface area contributed by atoms with Gasteiger partial charge in [0.15, 0.2) is 0 Å². The number of rotatable bonds is 10. The van der Waals surface area contributed by atoms with Gasteiger partial charge in [0.05, 0.1) is 7.11 Å². The predicted octanol–water partition coefficient (Wildman–Crippen LogP) is 4.10. The zero-order valence-corrected chi connectivity index (χ0v) is 18.2. The molecule has 3 aromatic carbocycles. The molecule has 164 valence electrons. The van der Waals surface area contributed by atoms with Gasteiger partial charge in [-0.1, -0.05) is 91.0 Å². The second-order valence-corrected chi connectivity index (χ2v) is 7.41. The number of carbonyl (C=O) groups is 2. The van der Waals surface area contributed by atoms with Gasteiger partial charge < -0.3 is 15.0 Å². The average molecular weight is 429 g/mol. The summed E-state index contributed by atoms with van der Waals surface area (Å²) in [4.78, 5) is 27.0. The van der Waals surface area contributed by atoms with Crippen LogP contribution in [0.4, 0.5) is 0 Å². The number of methoxy groups -OCH3 is 1. The molecule has 1 atom stereocenters. The number of ether oxygens (including phenoxy) is 1. The van der Waals surface area contributed by atoms with E-state index in [2.05, 4.69) is 5.32 Å². The molecule has 0 spiro atoms. The lowest BCUT2D eigenvalue weighted by molar-refractivity contribution is -0.135. The zero-order valence-electron chi connectivity index (χ0n) is 18.2. The summed E-state index contributed by atoms with van der Waals surface area (Å²) in [6.07, 6.45) is 3.50. The Balaban J connectivity index is 1.86. The SMILES string of the molecule is COC(=O)/C=C/N(Cc1ccccc1)[C@@H](Cc1ccccc1)C(=O)NCc1ccccc1. The molecule has 0 fully saturated rings. The van der Waals surface area contributed by atoms with Crippen molar-refractivity contribution in [3.8, 4) is 0 Å². The first-order chi connectivity index (χ1) is 15.7. The lowest BCUT2D eigenvalue weighted by atomic mass is 10.0. The number of hydrogen-bond acceptors (Lipinski definition) is 4. The molecule has 0 aliphatic heterocycles. The van der Waals surface area contributed by atoms with Crippen molar-refractivity contribution >= 4 is 11.9 Å². The van der Waals surface area contributed by atoms with E-state index in [1.165, 1.54) is 13.2 Å². The van der Waals surface area contributed by atoms with E-state index in [1.54, 1.807) is 6.20 Å². The molecule has 0 saturated heterocycles. The van der Waals surface area contributed by atoms with Crippen molar-refractivity contribution in [2.75, 3.05) is 7.11 Å². The first-order valence-electron chi connectivity index (χ1n) is 10.6. The standard InChI is InChI=1S/C27H28N2O3/c1-32-26(30)17-18-29(21-24-15-9-4-10-16-24)25(19-22-11-5-2-6-12-22)27(31)28-20-23-13-7-3-8-14-23/h2-18,25H,19-21H2,1H3,(H,28,31)/b18-17+/t25-/m0/s1. The largest absolute Gasteiger partial charge is 0.466 e. The lowest BCUT2D eigenvalue weighted by Crippen LogP contribution is -2.45. The summed E-state index contributed by atoms with van der Waals surface area (Å²) < 4.78 is 4.76. The van der Waals surface area contributed by atoms with Gasteiger partial charge in [-0.05, 0) is 16.7 Å². The van der Waals surface area contributed by atoms with Gasteiger partial charge >= 0.3 is 5.97 Å². The highest BCUT2D eigenvalue weighted by atomic mass is 16.5. The molecule has 3 aromatic rings. The molecule has 1 N–H and O–H groups in total. The number of nitrogens with zero attached hydrogens (tertiary/aromatic N) is 1. The van der Waals surface area contributed by atoms with Gasteiger partial charge in [0.1, 0.15) is 6.04 Å². The Kier molecular flexibility index (Phi) is 8.63. The second kappa shape index (κ2) is 12.1. The Morgan fingerprint density at radius 3 is 1.94 bits per heavy atom. The van der Waals surface area contributed by atoms with Crippen LogP contribution in [0.1, 0.15) is 16.7 Å². The summed E-state index contributed by atoms with van der Waals surface area (Å²) in [7, 11) is 1.34. The summed E-state index contributed by atoms with van der Waals surface area (Å²) in [6.45, 7) is 0.912. The number of nitrogens with one attached hydrogen (secondary N) is 1. The number of hydrogen-bond donors (Lipinski definition) is 1. The van der Waals surface area contributed by atoms with Crippen LogP contribution in [0.3, 0.4) is 0 Å². The van der Waals surface area contributed by atoms with Gasteiger partial charge in [0.2, 0.25) is 5.91 Å². The average Bonchev–Trinajstić information content (AvgIpc) is 2.85. The van der Waals surface area contributed by atoms with E-state index < -0.39 is 12.0 Å². The number of benzene rings is 3.